The molecule has 0 aliphatic carbocycles. The number of nitrogens with one attached hydrogen (secondary N) is 1. The van der Waals surface area contributed by atoms with Crippen molar-refractivity contribution < 1.29 is 0 Å². The van der Waals surface area contributed by atoms with E-state index in [1.165, 1.54) is 24.2 Å². The zero-order valence-electron chi connectivity index (χ0n) is 9.43. The fraction of sp³-hybridized carbons (Fsp3) is 0.583. The molecule has 0 unspecified atom stereocenters. The molecule has 1 rings (SSSR count). The summed E-state index contributed by atoms with van der Waals surface area (Å²) in [5.74, 6) is 0. The van der Waals surface area contributed by atoms with Gasteiger partial charge in [-0.3, -0.25) is 4.98 Å². The van der Waals surface area contributed by atoms with Gasteiger partial charge >= 0.3 is 0 Å². The molecule has 0 saturated heterocycles. The van der Waals surface area contributed by atoms with Crippen molar-refractivity contribution in [3.63, 3.8) is 0 Å². The van der Waals surface area contributed by atoms with Crippen LogP contribution < -0.4 is 5.32 Å². The smallest absolute Gasteiger partial charge is 0.0424 e. The summed E-state index contributed by atoms with van der Waals surface area (Å²) in [6.07, 6.45) is 3.46. The first kappa shape index (κ1) is 11.0. The molecule has 0 spiro atoms. The molecule has 0 radical (unpaired) electrons. The minimum atomic E-state index is 1.00. The highest BCUT2D eigenvalue weighted by molar-refractivity contribution is 5.45. The molecule has 0 aromatic carbocycles. The normalized spacial score (nSPS) is 10.2. The number of unbranched alkanes of at least 4 members (excludes halogenated alkanes) is 1. The third-order valence-corrected chi connectivity index (χ3v) is 2.23. The van der Waals surface area contributed by atoms with Crippen molar-refractivity contribution in [3.05, 3.63) is 23.5 Å². The summed E-state index contributed by atoms with van der Waals surface area (Å²) in [7, 11) is 0. The number of rotatable bonds is 5. The van der Waals surface area contributed by atoms with Gasteiger partial charge in [-0.1, -0.05) is 20.3 Å². The highest BCUT2D eigenvalue weighted by Crippen LogP contribution is 2.11. The van der Waals surface area contributed by atoms with Crippen molar-refractivity contribution in [2.24, 2.45) is 0 Å². The molecule has 0 bridgehead atoms. The van der Waals surface area contributed by atoms with Crippen molar-refractivity contribution in [3.8, 4) is 0 Å². The monoisotopic (exact) mass is 192 g/mol. The second-order valence-electron chi connectivity index (χ2n) is 3.62. The minimum absolute atomic E-state index is 1.00. The average Bonchev–Trinajstić information content (AvgIpc) is 2.17. The summed E-state index contributed by atoms with van der Waals surface area (Å²) < 4.78 is 0. The summed E-state index contributed by atoms with van der Waals surface area (Å²) in [6.45, 7) is 7.45. The first-order valence-electron chi connectivity index (χ1n) is 5.47. The molecule has 78 valence electrons. The topological polar surface area (TPSA) is 24.9 Å². The quantitative estimate of drug-likeness (QED) is 0.725. The van der Waals surface area contributed by atoms with Crippen LogP contribution in [0.2, 0.25) is 0 Å². The van der Waals surface area contributed by atoms with Crippen LogP contribution in [0.3, 0.4) is 0 Å². The van der Waals surface area contributed by atoms with Gasteiger partial charge < -0.3 is 5.32 Å². The lowest BCUT2D eigenvalue weighted by atomic mass is 10.2. The van der Waals surface area contributed by atoms with E-state index in [9.17, 15) is 0 Å². The highest BCUT2D eigenvalue weighted by atomic mass is 14.9. The summed E-state index contributed by atoms with van der Waals surface area (Å²) in [5.41, 5.74) is 3.48. The van der Waals surface area contributed by atoms with Gasteiger partial charge in [0.25, 0.3) is 0 Å². The zero-order valence-corrected chi connectivity index (χ0v) is 9.43. The number of pyridine rings is 1. The van der Waals surface area contributed by atoms with Crippen LogP contribution in [-0.2, 0) is 6.42 Å². The number of hydrogen-bond acceptors (Lipinski definition) is 2. The van der Waals surface area contributed by atoms with Crippen molar-refractivity contribution in [1.29, 1.82) is 0 Å². The van der Waals surface area contributed by atoms with E-state index >= 15 is 0 Å². The Morgan fingerprint density at radius 3 is 2.71 bits per heavy atom. The van der Waals surface area contributed by atoms with Crippen molar-refractivity contribution >= 4 is 5.69 Å². The van der Waals surface area contributed by atoms with E-state index in [1.54, 1.807) is 0 Å². The van der Waals surface area contributed by atoms with Crippen LogP contribution in [0.5, 0.6) is 0 Å². The molecule has 1 aromatic heterocycles. The van der Waals surface area contributed by atoms with Crippen LogP contribution in [0.4, 0.5) is 5.69 Å². The standard InChI is InChI=1S/C12H20N2/c1-4-6-7-13-12-8-10(3)14-11(5-2)9-12/h8-9H,4-7H2,1-3H3,(H,13,14). The van der Waals surface area contributed by atoms with Crippen molar-refractivity contribution in [1.82, 2.24) is 4.98 Å². The molecule has 0 fully saturated rings. The van der Waals surface area contributed by atoms with Gasteiger partial charge in [0, 0.05) is 23.6 Å². The van der Waals surface area contributed by atoms with Gasteiger partial charge in [-0.15, -0.1) is 0 Å². The van der Waals surface area contributed by atoms with Gasteiger partial charge in [0.2, 0.25) is 0 Å². The van der Waals surface area contributed by atoms with E-state index in [-0.39, 0.29) is 0 Å². The molecular formula is C12H20N2. The number of anilines is 1. The summed E-state index contributed by atoms with van der Waals surface area (Å²) in [4.78, 5) is 4.44. The molecule has 0 amide bonds. The summed E-state index contributed by atoms with van der Waals surface area (Å²) in [6, 6.07) is 4.25. The molecular weight excluding hydrogens is 172 g/mol. The molecule has 0 aliphatic rings. The van der Waals surface area contributed by atoms with E-state index in [4.69, 9.17) is 0 Å². The summed E-state index contributed by atoms with van der Waals surface area (Å²) >= 11 is 0. The molecule has 1 heterocycles. The van der Waals surface area contributed by atoms with E-state index in [1.807, 2.05) is 6.92 Å². The maximum absolute atomic E-state index is 4.44. The van der Waals surface area contributed by atoms with Crippen LogP contribution in [-0.4, -0.2) is 11.5 Å². The van der Waals surface area contributed by atoms with Crippen LogP contribution in [0.25, 0.3) is 0 Å². The van der Waals surface area contributed by atoms with Gasteiger partial charge in [0.05, 0.1) is 0 Å². The van der Waals surface area contributed by atoms with Crippen molar-refractivity contribution in [2.45, 2.75) is 40.0 Å². The van der Waals surface area contributed by atoms with Gasteiger partial charge in [-0.25, -0.2) is 0 Å². The van der Waals surface area contributed by atoms with E-state index in [2.05, 4.69) is 36.3 Å². The molecule has 0 atom stereocenters. The maximum atomic E-state index is 4.44. The van der Waals surface area contributed by atoms with Gasteiger partial charge in [0.15, 0.2) is 0 Å². The lowest BCUT2D eigenvalue weighted by molar-refractivity contribution is 0.833. The minimum Gasteiger partial charge on any atom is -0.385 e. The first-order valence-corrected chi connectivity index (χ1v) is 5.47. The van der Waals surface area contributed by atoms with Crippen LogP contribution in [0.15, 0.2) is 12.1 Å². The Labute approximate surface area is 86.8 Å². The van der Waals surface area contributed by atoms with E-state index < -0.39 is 0 Å². The maximum Gasteiger partial charge on any atom is 0.0424 e. The Bertz CT molecular complexity index is 282. The van der Waals surface area contributed by atoms with Gasteiger partial charge in [-0.05, 0) is 31.9 Å². The number of aromatic nitrogens is 1. The third-order valence-electron chi connectivity index (χ3n) is 2.23. The molecule has 0 saturated carbocycles. The lowest BCUT2D eigenvalue weighted by Gasteiger charge is -2.07. The molecule has 2 nitrogen and oxygen atoms in total. The number of hydrogen-bond donors (Lipinski definition) is 1. The number of nitrogens with zero attached hydrogens (tertiary/aromatic N) is 1. The average molecular weight is 192 g/mol. The molecule has 1 N–H and O–H groups in total. The molecule has 14 heavy (non-hydrogen) atoms. The SMILES string of the molecule is CCCCNc1cc(C)nc(CC)c1. The van der Waals surface area contributed by atoms with Gasteiger partial charge in [0.1, 0.15) is 0 Å². The Morgan fingerprint density at radius 1 is 1.29 bits per heavy atom. The summed E-state index contributed by atoms with van der Waals surface area (Å²) in [5, 5.41) is 3.42. The Morgan fingerprint density at radius 2 is 2.07 bits per heavy atom. The predicted octanol–water partition coefficient (Wildman–Crippen LogP) is 3.16. The molecule has 2 heteroatoms. The predicted molar refractivity (Wildman–Crippen MR) is 61.7 cm³/mol. The van der Waals surface area contributed by atoms with E-state index in [0.29, 0.717) is 0 Å². The number of aryl methyl sites for hydroxylation is 2. The highest BCUT2D eigenvalue weighted by Gasteiger charge is 1.97. The Hall–Kier alpha value is -1.05. The zero-order chi connectivity index (χ0) is 10.4. The van der Waals surface area contributed by atoms with Crippen LogP contribution in [0.1, 0.15) is 38.1 Å². The Balaban J connectivity index is 2.62. The van der Waals surface area contributed by atoms with Crippen LogP contribution >= 0.6 is 0 Å². The lowest BCUT2D eigenvalue weighted by Crippen LogP contribution is -2.02. The van der Waals surface area contributed by atoms with Gasteiger partial charge in [-0.2, -0.15) is 0 Å². The van der Waals surface area contributed by atoms with Crippen molar-refractivity contribution in [2.75, 3.05) is 11.9 Å². The third kappa shape index (κ3) is 3.36. The second kappa shape index (κ2) is 5.63. The largest absolute Gasteiger partial charge is 0.385 e. The fourth-order valence-electron chi connectivity index (χ4n) is 1.43. The fourth-order valence-corrected chi connectivity index (χ4v) is 1.43. The molecule has 0 aliphatic heterocycles. The Kier molecular flexibility index (Phi) is 4.44. The first-order chi connectivity index (χ1) is 6.76. The molecule has 1 aromatic rings. The second-order valence-corrected chi connectivity index (χ2v) is 3.62. The van der Waals surface area contributed by atoms with Crippen LogP contribution in [0, 0.1) is 6.92 Å². The van der Waals surface area contributed by atoms with E-state index in [0.717, 1.165) is 18.7 Å².